The standard InChI is InChI=1S/C22H21F3N2O3/c1-14-20(15(2)27(26-14)17-7-5-4-6-8-17)21(22(23,24)25)30-19(28)13-16-9-11-18(29-3)12-10-16/h4-12,21H,13H2,1-3H3/t21-/m1/s1. The summed E-state index contributed by atoms with van der Waals surface area (Å²) in [5.41, 5.74) is 1.40. The highest BCUT2D eigenvalue weighted by molar-refractivity contribution is 5.73. The highest BCUT2D eigenvalue weighted by atomic mass is 19.4. The maximum Gasteiger partial charge on any atom is 0.429 e. The molecule has 1 aromatic heterocycles. The molecule has 3 aromatic rings. The predicted octanol–water partition coefficient (Wildman–Crippen LogP) is 4.89. The molecule has 8 heteroatoms. The molecular weight excluding hydrogens is 397 g/mol. The van der Waals surface area contributed by atoms with E-state index in [-0.39, 0.29) is 23.4 Å². The summed E-state index contributed by atoms with van der Waals surface area (Å²) in [6.07, 6.45) is -7.47. The second-order valence-corrected chi connectivity index (χ2v) is 6.77. The van der Waals surface area contributed by atoms with E-state index in [0.717, 1.165) is 0 Å². The largest absolute Gasteiger partial charge is 0.497 e. The van der Waals surface area contributed by atoms with Gasteiger partial charge in [0.1, 0.15) is 5.75 Å². The SMILES string of the molecule is COc1ccc(CC(=O)O[C@H](c2c(C)nn(-c3ccccc3)c2C)C(F)(F)F)cc1. The summed E-state index contributed by atoms with van der Waals surface area (Å²) in [6.45, 7) is 3.00. The molecule has 0 bridgehead atoms. The molecule has 158 valence electrons. The van der Waals surface area contributed by atoms with Gasteiger partial charge in [0.25, 0.3) is 0 Å². The molecule has 0 spiro atoms. The molecule has 0 unspecified atom stereocenters. The van der Waals surface area contributed by atoms with Crippen LogP contribution in [0.25, 0.3) is 5.69 Å². The van der Waals surface area contributed by atoms with Crippen LogP contribution in [0, 0.1) is 13.8 Å². The Hall–Kier alpha value is -3.29. The summed E-state index contributed by atoms with van der Waals surface area (Å²) in [5.74, 6) is -0.395. The molecule has 1 atom stereocenters. The molecule has 0 radical (unpaired) electrons. The topological polar surface area (TPSA) is 53.4 Å². The summed E-state index contributed by atoms with van der Waals surface area (Å²) in [7, 11) is 1.50. The molecule has 0 aliphatic carbocycles. The first kappa shape index (κ1) is 21.4. The van der Waals surface area contributed by atoms with Crippen LogP contribution in [0.3, 0.4) is 0 Å². The van der Waals surface area contributed by atoms with Gasteiger partial charge in [0.15, 0.2) is 0 Å². The van der Waals surface area contributed by atoms with E-state index in [1.54, 1.807) is 54.6 Å². The van der Waals surface area contributed by atoms with Crippen molar-refractivity contribution >= 4 is 5.97 Å². The lowest BCUT2D eigenvalue weighted by Gasteiger charge is -2.21. The number of methoxy groups -OCH3 is 1. The number of carbonyl (C=O) groups is 1. The number of rotatable bonds is 6. The first-order valence-corrected chi connectivity index (χ1v) is 9.21. The fourth-order valence-electron chi connectivity index (χ4n) is 3.23. The lowest BCUT2D eigenvalue weighted by molar-refractivity contribution is -0.224. The van der Waals surface area contributed by atoms with Crippen molar-refractivity contribution < 1.29 is 27.4 Å². The van der Waals surface area contributed by atoms with Gasteiger partial charge >= 0.3 is 12.1 Å². The maximum absolute atomic E-state index is 13.8. The first-order chi connectivity index (χ1) is 14.2. The van der Waals surface area contributed by atoms with E-state index in [1.807, 2.05) is 0 Å². The molecular formula is C22H21F3N2O3. The van der Waals surface area contributed by atoms with Gasteiger partial charge < -0.3 is 9.47 Å². The Bertz CT molecular complexity index is 1010. The second kappa shape index (κ2) is 8.61. The highest BCUT2D eigenvalue weighted by Crippen LogP contribution is 2.39. The molecule has 5 nitrogen and oxygen atoms in total. The van der Waals surface area contributed by atoms with Crippen molar-refractivity contribution in [1.29, 1.82) is 0 Å². The third-order valence-corrected chi connectivity index (χ3v) is 4.66. The van der Waals surface area contributed by atoms with Crippen molar-refractivity contribution in [2.75, 3.05) is 7.11 Å². The fourth-order valence-corrected chi connectivity index (χ4v) is 3.23. The Morgan fingerprint density at radius 3 is 2.27 bits per heavy atom. The van der Waals surface area contributed by atoms with E-state index in [4.69, 9.17) is 9.47 Å². The smallest absolute Gasteiger partial charge is 0.429 e. The number of esters is 1. The van der Waals surface area contributed by atoms with E-state index in [1.165, 1.54) is 25.6 Å². The number of carbonyl (C=O) groups excluding carboxylic acids is 1. The highest BCUT2D eigenvalue weighted by Gasteiger charge is 2.46. The Balaban J connectivity index is 1.88. The molecule has 1 heterocycles. The Labute approximate surface area is 172 Å². The van der Waals surface area contributed by atoms with Crippen LogP contribution in [-0.2, 0) is 16.0 Å². The van der Waals surface area contributed by atoms with Crippen LogP contribution in [0.1, 0.15) is 28.6 Å². The third kappa shape index (κ3) is 4.64. The zero-order valence-electron chi connectivity index (χ0n) is 16.7. The van der Waals surface area contributed by atoms with E-state index in [9.17, 15) is 18.0 Å². The lowest BCUT2D eigenvalue weighted by Crippen LogP contribution is -2.28. The van der Waals surface area contributed by atoms with Crippen LogP contribution in [0.2, 0.25) is 0 Å². The van der Waals surface area contributed by atoms with Gasteiger partial charge in [0.2, 0.25) is 6.10 Å². The van der Waals surface area contributed by atoms with Crippen molar-refractivity contribution in [3.63, 3.8) is 0 Å². The Morgan fingerprint density at radius 2 is 1.70 bits per heavy atom. The molecule has 30 heavy (non-hydrogen) atoms. The maximum atomic E-state index is 13.8. The Kier molecular flexibility index (Phi) is 6.14. The van der Waals surface area contributed by atoms with Crippen molar-refractivity contribution in [2.45, 2.75) is 32.5 Å². The van der Waals surface area contributed by atoms with Gasteiger partial charge in [-0.25, -0.2) is 4.68 Å². The summed E-state index contributed by atoms with van der Waals surface area (Å²) in [4.78, 5) is 12.3. The number of aromatic nitrogens is 2. The van der Waals surface area contributed by atoms with Crippen LogP contribution in [-0.4, -0.2) is 29.0 Å². The third-order valence-electron chi connectivity index (χ3n) is 4.66. The summed E-state index contributed by atoms with van der Waals surface area (Å²) in [6, 6.07) is 15.3. The molecule has 0 fully saturated rings. The quantitative estimate of drug-likeness (QED) is 0.535. The van der Waals surface area contributed by atoms with Crippen LogP contribution >= 0.6 is 0 Å². The zero-order chi connectivity index (χ0) is 21.9. The van der Waals surface area contributed by atoms with Crippen LogP contribution in [0.5, 0.6) is 5.75 Å². The van der Waals surface area contributed by atoms with E-state index in [0.29, 0.717) is 17.0 Å². The minimum Gasteiger partial charge on any atom is -0.497 e. The molecule has 2 aromatic carbocycles. The molecule has 0 aliphatic heterocycles. The van der Waals surface area contributed by atoms with E-state index in [2.05, 4.69) is 5.10 Å². The number of benzene rings is 2. The monoisotopic (exact) mass is 418 g/mol. The normalized spacial score (nSPS) is 12.5. The molecule has 0 N–H and O–H groups in total. The Morgan fingerprint density at radius 1 is 1.07 bits per heavy atom. The van der Waals surface area contributed by atoms with Gasteiger partial charge in [-0.05, 0) is 43.7 Å². The van der Waals surface area contributed by atoms with Crippen molar-refractivity contribution in [3.05, 3.63) is 77.1 Å². The predicted molar refractivity (Wildman–Crippen MR) is 105 cm³/mol. The number of halogens is 3. The van der Waals surface area contributed by atoms with Gasteiger partial charge in [0.05, 0.1) is 24.9 Å². The van der Waals surface area contributed by atoms with Crippen molar-refractivity contribution in [1.82, 2.24) is 9.78 Å². The van der Waals surface area contributed by atoms with Crippen molar-refractivity contribution in [3.8, 4) is 11.4 Å². The summed E-state index contributed by atoms with van der Waals surface area (Å²) in [5, 5.41) is 4.24. The summed E-state index contributed by atoms with van der Waals surface area (Å²) < 4.78 is 52.9. The van der Waals surface area contributed by atoms with Crippen LogP contribution < -0.4 is 4.74 Å². The molecule has 0 aliphatic rings. The number of hydrogen-bond acceptors (Lipinski definition) is 4. The second-order valence-electron chi connectivity index (χ2n) is 6.77. The molecule has 0 saturated carbocycles. The molecule has 0 amide bonds. The fraction of sp³-hybridized carbons (Fsp3) is 0.273. The van der Waals surface area contributed by atoms with Gasteiger partial charge in [-0.15, -0.1) is 0 Å². The number of aryl methyl sites for hydroxylation is 1. The minimum atomic E-state index is -4.78. The zero-order valence-corrected chi connectivity index (χ0v) is 16.7. The number of hydrogen-bond donors (Lipinski definition) is 0. The summed E-state index contributed by atoms with van der Waals surface area (Å²) >= 11 is 0. The number of ether oxygens (including phenoxy) is 2. The van der Waals surface area contributed by atoms with Gasteiger partial charge in [-0.1, -0.05) is 30.3 Å². The average molecular weight is 418 g/mol. The number of alkyl halides is 3. The van der Waals surface area contributed by atoms with E-state index >= 15 is 0 Å². The average Bonchev–Trinajstić information content (AvgIpc) is 3.00. The lowest BCUT2D eigenvalue weighted by atomic mass is 10.1. The van der Waals surface area contributed by atoms with Gasteiger partial charge in [0, 0.05) is 11.3 Å². The number of nitrogens with zero attached hydrogens (tertiary/aromatic N) is 2. The van der Waals surface area contributed by atoms with Crippen molar-refractivity contribution in [2.24, 2.45) is 0 Å². The van der Waals surface area contributed by atoms with Gasteiger partial charge in [-0.3, -0.25) is 4.79 Å². The molecule has 0 saturated heterocycles. The molecule has 3 rings (SSSR count). The van der Waals surface area contributed by atoms with Crippen LogP contribution in [0.15, 0.2) is 54.6 Å². The van der Waals surface area contributed by atoms with Gasteiger partial charge in [-0.2, -0.15) is 18.3 Å². The van der Waals surface area contributed by atoms with Crippen LogP contribution in [0.4, 0.5) is 13.2 Å². The van der Waals surface area contributed by atoms with E-state index < -0.39 is 18.2 Å². The first-order valence-electron chi connectivity index (χ1n) is 9.21. The number of para-hydroxylation sites is 1. The minimum absolute atomic E-state index is 0.149.